The van der Waals surface area contributed by atoms with Crippen LogP contribution in [0.2, 0.25) is 0 Å². The van der Waals surface area contributed by atoms with Crippen LogP contribution < -0.4 is 4.31 Å². The summed E-state index contributed by atoms with van der Waals surface area (Å²) in [6.07, 6.45) is 4.00. The Morgan fingerprint density at radius 3 is 2.70 bits per heavy atom. The van der Waals surface area contributed by atoms with E-state index in [0.717, 1.165) is 38.2 Å². The van der Waals surface area contributed by atoms with Gasteiger partial charge >= 0.3 is 0 Å². The number of anilines is 1. The lowest BCUT2D eigenvalue weighted by Gasteiger charge is -2.21. The molecule has 3 rings (SSSR count). The highest BCUT2D eigenvalue weighted by Crippen LogP contribution is 2.21. The van der Waals surface area contributed by atoms with Crippen LogP contribution in [-0.4, -0.2) is 18.0 Å². The smallest absolute Gasteiger partial charge is 0.0518 e. The van der Waals surface area contributed by atoms with Crippen molar-refractivity contribution in [1.82, 2.24) is 4.90 Å². The van der Waals surface area contributed by atoms with Gasteiger partial charge in [-0.2, -0.15) is 0 Å². The van der Waals surface area contributed by atoms with E-state index in [-0.39, 0.29) is 0 Å². The van der Waals surface area contributed by atoms with Crippen LogP contribution in [0.3, 0.4) is 0 Å². The second kappa shape index (κ2) is 7.24. The van der Waals surface area contributed by atoms with Gasteiger partial charge in [0.1, 0.15) is 0 Å². The molecule has 0 N–H and O–H groups in total. The standard InChI is InChI=1S/C20H24N2S/c1-3-22(23)20-6-4-5-17(14-20)15-21-11-9-18-8-7-16(2)13-19(18)10-12-21/h3-8,13-14,23H,1,9-12,15H2,2H3. The van der Waals surface area contributed by atoms with E-state index in [4.69, 9.17) is 0 Å². The van der Waals surface area contributed by atoms with Gasteiger partial charge < -0.3 is 0 Å². The first kappa shape index (κ1) is 16.2. The second-order valence-corrected chi connectivity index (χ2v) is 6.68. The highest BCUT2D eigenvalue weighted by Gasteiger charge is 2.14. The fourth-order valence-electron chi connectivity index (χ4n) is 3.22. The largest absolute Gasteiger partial charge is 0.298 e. The van der Waals surface area contributed by atoms with Crippen LogP contribution in [0.5, 0.6) is 0 Å². The Hall–Kier alpha value is -1.71. The van der Waals surface area contributed by atoms with Crippen molar-refractivity contribution in [3.05, 3.63) is 77.5 Å². The third-order valence-corrected chi connectivity index (χ3v) is 4.90. The third-order valence-electron chi connectivity index (χ3n) is 4.51. The lowest BCUT2D eigenvalue weighted by Crippen LogP contribution is -2.26. The van der Waals surface area contributed by atoms with E-state index in [1.807, 2.05) is 0 Å². The molecule has 0 bridgehead atoms. The maximum Gasteiger partial charge on any atom is 0.0518 e. The molecule has 0 aromatic heterocycles. The molecule has 0 spiro atoms. The van der Waals surface area contributed by atoms with Gasteiger partial charge in [0.15, 0.2) is 0 Å². The molecule has 3 heteroatoms. The normalized spacial score (nSPS) is 14.9. The summed E-state index contributed by atoms with van der Waals surface area (Å²) in [6, 6.07) is 15.4. The summed E-state index contributed by atoms with van der Waals surface area (Å²) in [6.45, 7) is 9.16. The van der Waals surface area contributed by atoms with Gasteiger partial charge in [0.05, 0.1) is 5.69 Å². The summed E-state index contributed by atoms with van der Waals surface area (Å²) in [5, 5.41) is 0. The number of aryl methyl sites for hydroxylation is 1. The van der Waals surface area contributed by atoms with Gasteiger partial charge in [-0.15, -0.1) is 0 Å². The molecular formula is C20H24N2S. The summed E-state index contributed by atoms with van der Waals surface area (Å²) in [5.41, 5.74) is 6.79. The number of hydrogen-bond acceptors (Lipinski definition) is 3. The van der Waals surface area contributed by atoms with E-state index in [0.29, 0.717) is 0 Å². The molecule has 0 radical (unpaired) electrons. The molecule has 120 valence electrons. The molecular weight excluding hydrogens is 300 g/mol. The monoisotopic (exact) mass is 324 g/mol. The van der Waals surface area contributed by atoms with E-state index in [2.05, 4.69) is 73.7 Å². The third kappa shape index (κ3) is 3.98. The number of rotatable bonds is 4. The van der Waals surface area contributed by atoms with Gasteiger partial charge in [0, 0.05) is 25.8 Å². The van der Waals surface area contributed by atoms with Crippen LogP contribution in [0.1, 0.15) is 22.3 Å². The Labute approximate surface area is 145 Å². The van der Waals surface area contributed by atoms with E-state index < -0.39 is 0 Å². The Bertz CT molecular complexity index is 696. The summed E-state index contributed by atoms with van der Waals surface area (Å²) in [4.78, 5) is 2.55. The zero-order valence-corrected chi connectivity index (χ0v) is 14.6. The fraction of sp³-hybridized carbons (Fsp3) is 0.300. The molecule has 0 saturated carbocycles. The van der Waals surface area contributed by atoms with Crippen molar-refractivity contribution >= 4 is 18.5 Å². The Morgan fingerprint density at radius 2 is 1.91 bits per heavy atom. The van der Waals surface area contributed by atoms with Crippen LogP contribution in [-0.2, 0) is 19.4 Å². The molecule has 2 nitrogen and oxygen atoms in total. The molecule has 23 heavy (non-hydrogen) atoms. The van der Waals surface area contributed by atoms with Crippen molar-refractivity contribution in [2.24, 2.45) is 0 Å². The maximum absolute atomic E-state index is 4.40. The van der Waals surface area contributed by atoms with Crippen LogP contribution >= 0.6 is 12.8 Å². The van der Waals surface area contributed by atoms with Crippen LogP contribution in [0.25, 0.3) is 0 Å². The van der Waals surface area contributed by atoms with Gasteiger partial charge in [-0.25, -0.2) is 0 Å². The van der Waals surface area contributed by atoms with E-state index in [9.17, 15) is 0 Å². The minimum atomic E-state index is 0.986. The van der Waals surface area contributed by atoms with E-state index in [1.165, 1.54) is 22.3 Å². The van der Waals surface area contributed by atoms with Crippen LogP contribution in [0, 0.1) is 6.92 Å². The molecule has 1 heterocycles. The molecule has 0 fully saturated rings. The van der Waals surface area contributed by atoms with Gasteiger partial charge in [0.2, 0.25) is 0 Å². The number of thiol groups is 1. The minimum Gasteiger partial charge on any atom is -0.298 e. The SMILES string of the molecule is C=CN(S)c1cccc(CN2CCc3ccc(C)cc3CC2)c1. The maximum atomic E-state index is 4.40. The first-order valence-electron chi connectivity index (χ1n) is 8.16. The zero-order chi connectivity index (χ0) is 16.2. The molecule has 2 aromatic carbocycles. The summed E-state index contributed by atoms with van der Waals surface area (Å²) in [7, 11) is 0. The van der Waals surface area contributed by atoms with E-state index in [1.54, 1.807) is 10.5 Å². The Kier molecular flexibility index (Phi) is 5.09. The lowest BCUT2D eigenvalue weighted by atomic mass is 10.0. The Morgan fingerprint density at radius 1 is 1.13 bits per heavy atom. The van der Waals surface area contributed by atoms with Crippen molar-refractivity contribution in [3.63, 3.8) is 0 Å². The molecule has 0 amide bonds. The van der Waals surface area contributed by atoms with Crippen molar-refractivity contribution in [1.29, 1.82) is 0 Å². The minimum absolute atomic E-state index is 0.986. The first-order valence-corrected chi connectivity index (χ1v) is 8.56. The first-order chi connectivity index (χ1) is 11.2. The summed E-state index contributed by atoms with van der Waals surface area (Å²) >= 11 is 4.40. The molecule has 0 unspecified atom stereocenters. The quantitative estimate of drug-likeness (QED) is 0.833. The van der Waals surface area contributed by atoms with Gasteiger partial charge in [-0.1, -0.05) is 55.3 Å². The predicted octanol–water partition coefficient (Wildman–Crippen LogP) is 4.39. The number of hydrogen-bond donors (Lipinski definition) is 1. The fourth-order valence-corrected chi connectivity index (χ4v) is 3.34. The summed E-state index contributed by atoms with van der Waals surface area (Å²) < 4.78 is 1.75. The van der Waals surface area contributed by atoms with Gasteiger partial charge in [0.25, 0.3) is 0 Å². The number of nitrogens with zero attached hydrogens (tertiary/aromatic N) is 2. The molecule has 0 aliphatic carbocycles. The topological polar surface area (TPSA) is 6.48 Å². The lowest BCUT2D eigenvalue weighted by molar-refractivity contribution is 0.279. The predicted molar refractivity (Wildman–Crippen MR) is 102 cm³/mol. The van der Waals surface area contributed by atoms with Gasteiger partial charge in [-0.05, 0) is 48.6 Å². The second-order valence-electron chi connectivity index (χ2n) is 6.25. The number of fused-ring (bicyclic) bond motifs is 1. The molecule has 1 aliphatic heterocycles. The van der Waals surface area contributed by atoms with Crippen molar-refractivity contribution in [2.45, 2.75) is 26.3 Å². The highest BCUT2D eigenvalue weighted by atomic mass is 32.1. The summed E-state index contributed by atoms with van der Waals surface area (Å²) in [5.74, 6) is 0. The molecule has 0 atom stereocenters. The average molecular weight is 324 g/mol. The Balaban J connectivity index is 1.69. The van der Waals surface area contributed by atoms with E-state index >= 15 is 0 Å². The molecule has 0 saturated heterocycles. The molecule has 2 aromatic rings. The van der Waals surface area contributed by atoms with Crippen molar-refractivity contribution in [2.75, 3.05) is 17.4 Å². The molecule has 1 aliphatic rings. The van der Waals surface area contributed by atoms with Gasteiger partial charge in [-0.3, -0.25) is 9.21 Å². The van der Waals surface area contributed by atoms with Crippen molar-refractivity contribution < 1.29 is 0 Å². The zero-order valence-electron chi connectivity index (χ0n) is 13.7. The van der Waals surface area contributed by atoms with Crippen molar-refractivity contribution in [3.8, 4) is 0 Å². The highest BCUT2D eigenvalue weighted by molar-refractivity contribution is 7.82. The number of benzene rings is 2. The van der Waals surface area contributed by atoms with Crippen LogP contribution in [0.4, 0.5) is 5.69 Å². The average Bonchev–Trinajstić information content (AvgIpc) is 2.76. The van der Waals surface area contributed by atoms with Crippen LogP contribution in [0.15, 0.2) is 55.2 Å².